The lowest BCUT2D eigenvalue weighted by Gasteiger charge is -2.14. The first-order valence-electron chi connectivity index (χ1n) is 8.97. The maximum Gasteiger partial charge on any atom is 0.251 e. The first kappa shape index (κ1) is 18.6. The number of anilines is 1. The summed E-state index contributed by atoms with van der Waals surface area (Å²) in [6.45, 7) is 4.68. The highest BCUT2D eigenvalue weighted by molar-refractivity contribution is 5.95. The van der Waals surface area contributed by atoms with Gasteiger partial charge in [-0.15, -0.1) is 0 Å². The molecule has 3 rings (SSSR count). The average Bonchev–Trinajstić information content (AvgIpc) is 3.19. The van der Waals surface area contributed by atoms with Crippen molar-refractivity contribution in [3.05, 3.63) is 60.0 Å². The fourth-order valence-corrected chi connectivity index (χ4v) is 2.79. The van der Waals surface area contributed by atoms with Gasteiger partial charge in [-0.25, -0.2) is 9.97 Å². The molecule has 0 saturated carbocycles. The molecule has 2 heterocycles. The van der Waals surface area contributed by atoms with Crippen molar-refractivity contribution < 1.29 is 4.79 Å². The molecule has 0 aliphatic heterocycles. The summed E-state index contributed by atoms with van der Waals surface area (Å²) in [6, 6.07) is 11.3. The van der Waals surface area contributed by atoms with E-state index in [0.717, 1.165) is 29.9 Å². The Balaban J connectivity index is 1.69. The van der Waals surface area contributed by atoms with Crippen molar-refractivity contribution in [2.24, 2.45) is 0 Å². The minimum Gasteiger partial charge on any atom is -0.357 e. The zero-order valence-electron chi connectivity index (χ0n) is 15.8. The van der Waals surface area contributed by atoms with E-state index in [1.807, 2.05) is 61.1 Å². The summed E-state index contributed by atoms with van der Waals surface area (Å²) in [5, 5.41) is 10.2. The molecule has 0 fully saturated rings. The molecule has 0 aliphatic carbocycles. The lowest BCUT2D eigenvalue weighted by atomic mass is 10.1. The number of hydrogen-bond donors (Lipinski definition) is 2. The summed E-state index contributed by atoms with van der Waals surface area (Å²) in [5.74, 6) is 0.469. The van der Waals surface area contributed by atoms with E-state index in [2.05, 4.69) is 25.7 Å². The van der Waals surface area contributed by atoms with Crippen molar-refractivity contribution in [2.45, 2.75) is 32.9 Å². The molecule has 7 heteroatoms. The number of rotatable bonds is 7. The van der Waals surface area contributed by atoms with Crippen LogP contribution in [0.2, 0.25) is 0 Å². The van der Waals surface area contributed by atoms with Gasteiger partial charge >= 0.3 is 0 Å². The van der Waals surface area contributed by atoms with Crippen LogP contribution in [0.15, 0.2) is 48.8 Å². The van der Waals surface area contributed by atoms with Crippen LogP contribution in [0.5, 0.6) is 0 Å². The normalized spacial score (nSPS) is 11.8. The van der Waals surface area contributed by atoms with Crippen molar-refractivity contribution in [1.82, 2.24) is 25.1 Å². The van der Waals surface area contributed by atoms with Gasteiger partial charge in [0, 0.05) is 48.8 Å². The van der Waals surface area contributed by atoms with Crippen molar-refractivity contribution in [1.29, 1.82) is 0 Å². The minimum atomic E-state index is -0.0931. The zero-order chi connectivity index (χ0) is 19.2. The third-order valence-corrected chi connectivity index (χ3v) is 4.23. The number of nitrogens with one attached hydrogen (secondary N) is 2. The Morgan fingerprint density at radius 3 is 2.81 bits per heavy atom. The van der Waals surface area contributed by atoms with Crippen LogP contribution in [0.3, 0.4) is 0 Å². The van der Waals surface area contributed by atoms with Crippen LogP contribution in [0.25, 0.3) is 11.3 Å². The Kier molecular flexibility index (Phi) is 5.80. The third-order valence-electron chi connectivity index (χ3n) is 4.23. The summed E-state index contributed by atoms with van der Waals surface area (Å²) in [5.41, 5.74) is 3.15. The van der Waals surface area contributed by atoms with Crippen LogP contribution < -0.4 is 10.6 Å². The highest BCUT2D eigenvalue weighted by atomic mass is 16.1. The van der Waals surface area contributed by atoms with E-state index >= 15 is 0 Å². The lowest BCUT2D eigenvalue weighted by Crippen LogP contribution is -2.33. The van der Waals surface area contributed by atoms with Crippen LogP contribution in [0.4, 0.5) is 5.95 Å². The number of carbonyl (C=O) groups excluding carboxylic acids is 1. The van der Waals surface area contributed by atoms with Gasteiger partial charge in [0.05, 0.1) is 5.69 Å². The maximum atomic E-state index is 12.6. The van der Waals surface area contributed by atoms with Gasteiger partial charge in [0.15, 0.2) is 0 Å². The Bertz CT molecular complexity index is 907. The molecule has 2 N–H and O–H groups in total. The molecule has 3 aromatic rings. The predicted molar refractivity (Wildman–Crippen MR) is 106 cm³/mol. The molecule has 27 heavy (non-hydrogen) atoms. The van der Waals surface area contributed by atoms with E-state index in [9.17, 15) is 4.79 Å². The Labute approximate surface area is 158 Å². The zero-order valence-corrected chi connectivity index (χ0v) is 15.8. The summed E-state index contributed by atoms with van der Waals surface area (Å²) in [6.07, 6.45) is 4.48. The predicted octanol–water partition coefficient (Wildman–Crippen LogP) is 2.90. The molecule has 1 amide bonds. The second-order valence-corrected chi connectivity index (χ2v) is 6.48. The van der Waals surface area contributed by atoms with E-state index in [0.29, 0.717) is 11.5 Å². The smallest absolute Gasteiger partial charge is 0.251 e. The Hall–Kier alpha value is -3.22. The molecule has 0 bridgehead atoms. The molecule has 1 aromatic carbocycles. The van der Waals surface area contributed by atoms with Gasteiger partial charge in [0.25, 0.3) is 5.91 Å². The molecule has 0 saturated heterocycles. The highest BCUT2D eigenvalue weighted by Crippen LogP contribution is 2.20. The summed E-state index contributed by atoms with van der Waals surface area (Å²) >= 11 is 0. The van der Waals surface area contributed by atoms with Crippen LogP contribution in [-0.2, 0) is 6.54 Å². The molecular weight excluding hydrogens is 340 g/mol. The molecular formula is C20H24N6O. The van der Waals surface area contributed by atoms with Gasteiger partial charge in [0.2, 0.25) is 5.95 Å². The number of aryl methyl sites for hydroxylation is 2. The van der Waals surface area contributed by atoms with Crippen molar-refractivity contribution >= 4 is 11.9 Å². The fraction of sp³-hybridized carbons (Fsp3) is 0.300. The first-order chi connectivity index (χ1) is 13.0. The fourth-order valence-electron chi connectivity index (χ4n) is 2.79. The second-order valence-electron chi connectivity index (χ2n) is 6.48. The molecule has 0 aliphatic rings. The number of amides is 1. The van der Waals surface area contributed by atoms with Crippen LogP contribution in [0, 0.1) is 6.92 Å². The standard InChI is InChI=1S/C20H24N6O/c1-14(8-11-26-10-5-9-22-26)23-19(27)17-7-4-6-16(13-17)18-12-15(2)24-20(21-3)25-18/h4-7,9-10,12-14H,8,11H2,1-3H3,(H,23,27)(H,21,24,25)/t14-/m0/s1. The minimum absolute atomic E-state index is 0.0440. The summed E-state index contributed by atoms with van der Waals surface area (Å²) in [7, 11) is 1.78. The molecule has 7 nitrogen and oxygen atoms in total. The van der Waals surface area contributed by atoms with Crippen LogP contribution in [-0.4, -0.2) is 38.7 Å². The largest absolute Gasteiger partial charge is 0.357 e. The number of aromatic nitrogens is 4. The Morgan fingerprint density at radius 1 is 1.22 bits per heavy atom. The number of carbonyl (C=O) groups is 1. The third kappa shape index (κ3) is 4.91. The van der Waals surface area contributed by atoms with Crippen LogP contribution in [0.1, 0.15) is 29.4 Å². The van der Waals surface area contributed by atoms with Gasteiger partial charge < -0.3 is 10.6 Å². The number of hydrogen-bond acceptors (Lipinski definition) is 5. The van der Waals surface area contributed by atoms with Gasteiger partial charge in [-0.2, -0.15) is 5.10 Å². The highest BCUT2D eigenvalue weighted by Gasteiger charge is 2.12. The molecule has 0 spiro atoms. The van der Waals surface area contributed by atoms with Gasteiger partial charge in [-0.1, -0.05) is 12.1 Å². The van der Waals surface area contributed by atoms with E-state index in [4.69, 9.17) is 0 Å². The molecule has 0 unspecified atom stereocenters. The maximum absolute atomic E-state index is 12.6. The monoisotopic (exact) mass is 364 g/mol. The average molecular weight is 364 g/mol. The quantitative estimate of drug-likeness (QED) is 0.673. The topological polar surface area (TPSA) is 84.7 Å². The van der Waals surface area contributed by atoms with E-state index in [1.165, 1.54) is 0 Å². The lowest BCUT2D eigenvalue weighted by molar-refractivity contribution is 0.0937. The first-order valence-corrected chi connectivity index (χ1v) is 8.97. The van der Waals surface area contributed by atoms with Crippen molar-refractivity contribution in [3.63, 3.8) is 0 Å². The number of benzene rings is 1. The second kappa shape index (κ2) is 8.44. The van der Waals surface area contributed by atoms with Crippen molar-refractivity contribution in [2.75, 3.05) is 12.4 Å². The SMILES string of the molecule is CNc1nc(C)cc(-c2cccc(C(=O)N[C@@H](C)CCn3cccn3)c2)n1. The van der Waals surface area contributed by atoms with Gasteiger partial charge in [0.1, 0.15) is 0 Å². The molecule has 2 aromatic heterocycles. The van der Waals surface area contributed by atoms with Crippen LogP contribution >= 0.6 is 0 Å². The van der Waals surface area contributed by atoms with E-state index in [-0.39, 0.29) is 11.9 Å². The van der Waals surface area contributed by atoms with E-state index in [1.54, 1.807) is 13.2 Å². The van der Waals surface area contributed by atoms with Crippen molar-refractivity contribution in [3.8, 4) is 11.3 Å². The summed E-state index contributed by atoms with van der Waals surface area (Å²) < 4.78 is 1.86. The Morgan fingerprint density at radius 2 is 2.07 bits per heavy atom. The molecule has 0 radical (unpaired) electrons. The number of nitrogens with zero attached hydrogens (tertiary/aromatic N) is 4. The summed E-state index contributed by atoms with van der Waals surface area (Å²) in [4.78, 5) is 21.4. The van der Waals surface area contributed by atoms with Gasteiger partial charge in [-0.3, -0.25) is 9.48 Å². The van der Waals surface area contributed by atoms with Gasteiger partial charge in [-0.05, 0) is 44.5 Å². The van der Waals surface area contributed by atoms with E-state index < -0.39 is 0 Å². The molecule has 140 valence electrons. The molecule has 1 atom stereocenters.